The van der Waals surface area contributed by atoms with E-state index in [1.165, 1.54) is 25.7 Å². The van der Waals surface area contributed by atoms with Gasteiger partial charge in [0.05, 0.1) is 16.7 Å². The Labute approximate surface area is 161 Å². The minimum absolute atomic E-state index is 0.519. The van der Waals surface area contributed by atoms with Crippen LogP contribution in [0.4, 0.5) is 5.95 Å². The van der Waals surface area contributed by atoms with Crippen LogP contribution in [0.3, 0.4) is 0 Å². The summed E-state index contributed by atoms with van der Waals surface area (Å²) in [6, 6.07) is 5.93. The fraction of sp³-hybridized carbons (Fsp3) is 0.529. The van der Waals surface area contributed by atoms with Crippen molar-refractivity contribution in [2.75, 3.05) is 30.3 Å². The van der Waals surface area contributed by atoms with Gasteiger partial charge in [0.2, 0.25) is 5.95 Å². The number of halogens is 2. The van der Waals surface area contributed by atoms with E-state index in [1.54, 1.807) is 23.9 Å². The molecule has 4 rings (SSSR count). The van der Waals surface area contributed by atoms with Gasteiger partial charge in [-0.3, -0.25) is 4.57 Å². The molecular formula is C17H20Cl2N4OS. The molecule has 0 N–H and O–H groups in total. The first kappa shape index (κ1) is 17.3. The van der Waals surface area contributed by atoms with E-state index in [-0.39, 0.29) is 0 Å². The number of para-hydroxylation sites is 1. The number of hydrogen-bond donors (Lipinski definition) is 0. The summed E-state index contributed by atoms with van der Waals surface area (Å²) in [6.07, 6.45) is 4.93. The SMILES string of the molecule is Clc1cccc(Cl)c1OCCSc1nnc(N2CCCC2)n1C1CC1. The van der Waals surface area contributed by atoms with Crippen LogP contribution in [0, 0.1) is 0 Å². The molecule has 0 unspecified atom stereocenters. The third-order valence-electron chi connectivity index (χ3n) is 4.43. The number of nitrogens with zero attached hydrogens (tertiary/aromatic N) is 4. The summed E-state index contributed by atoms with van der Waals surface area (Å²) in [6.45, 7) is 2.69. The Balaban J connectivity index is 1.38. The summed E-state index contributed by atoms with van der Waals surface area (Å²) >= 11 is 13.9. The summed E-state index contributed by atoms with van der Waals surface area (Å²) in [5.41, 5.74) is 0. The lowest BCUT2D eigenvalue weighted by molar-refractivity contribution is 0.344. The van der Waals surface area contributed by atoms with E-state index in [4.69, 9.17) is 27.9 Å². The van der Waals surface area contributed by atoms with Crippen molar-refractivity contribution < 1.29 is 4.74 Å². The molecule has 0 spiro atoms. The van der Waals surface area contributed by atoms with Crippen molar-refractivity contribution in [3.8, 4) is 5.75 Å². The van der Waals surface area contributed by atoms with Gasteiger partial charge >= 0.3 is 0 Å². The van der Waals surface area contributed by atoms with Gasteiger partial charge in [-0.2, -0.15) is 0 Å². The summed E-state index contributed by atoms with van der Waals surface area (Å²) in [4.78, 5) is 2.36. The maximum atomic E-state index is 6.13. The number of anilines is 1. The third-order valence-corrected chi connectivity index (χ3v) is 5.93. The van der Waals surface area contributed by atoms with Crippen LogP contribution in [-0.2, 0) is 0 Å². The van der Waals surface area contributed by atoms with Gasteiger partial charge in [0.25, 0.3) is 0 Å². The van der Waals surface area contributed by atoms with Crippen LogP contribution < -0.4 is 9.64 Å². The number of aromatic nitrogens is 3. The average molecular weight is 399 g/mol. The molecule has 0 radical (unpaired) electrons. The van der Waals surface area contributed by atoms with Gasteiger partial charge in [-0.25, -0.2) is 0 Å². The molecule has 1 aliphatic heterocycles. The van der Waals surface area contributed by atoms with Gasteiger partial charge in [0, 0.05) is 24.9 Å². The van der Waals surface area contributed by atoms with E-state index >= 15 is 0 Å². The maximum absolute atomic E-state index is 6.13. The Kier molecular flexibility index (Phi) is 5.29. The largest absolute Gasteiger partial charge is 0.490 e. The Morgan fingerprint density at radius 3 is 2.52 bits per heavy atom. The van der Waals surface area contributed by atoms with E-state index in [9.17, 15) is 0 Å². The van der Waals surface area contributed by atoms with E-state index in [0.29, 0.717) is 28.4 Å². The second-order valence-corrected chi connectivity index (χ2v) is 8.20. The van der Waals surface area contributed by atoms with Crippen LogP contribution in [0.15, 0.2) is 23.4 Å². The minimum atomic E-state index is 0.519. The zero-order valence-electron chi connectivity index (χ0n) is 13.8. The minimum Gasteiger partial charge on any atom is -0.490 e. The van der Waals surface area contributed by atoms with Gasteiger partial charge in [-0.05, 0) is 37.8 Å². The normalized spacial score (nSPS) is 17.3. The molecule has 1 saturated carbocycles. The maximum Gasteiger partial charge on any atom is 0.228 e. The smallest absolute Gasteiger partial charge is 0.228 e. The average Bonchev–Trinajstić information content (AvgIpc) is 3.13. The Morgan fingerprint density at radius 2 is 1.84 bits per heavy atom. The molecule has 8 heteroatoms. The molecule has 0 amide bonds. The van der Waals surface area contributed by atoms with Crippen molar-refractivity contribution in [1.82, 2.24) is 14.8 Å². The van der Waals surface area contributed by atoms with E-state index < -0.39 is 0 Å². The molecule has 2 heterocycles. The fourth-order valence-corrected chi connectivity index (χ4v) is 4.37. The standard InChI is InChI=1S/C17H20Cl2N4OS/c18-13-4-3-5-14(19)15(13)24-10-11-25-17-21-20-16(22-8-1-2-9-22)23(17)12-6-7-12/h3-5,12H,1-2,6-11H2. The molecule has 1 aromatic carbocycles. The highest BCUT2D eigenvalue weighted by Gasteiger charge is 2.32. The predicted molar refractivity (Wildman–Crippen MR) is 102 cm³/mol. The van der Waals surface area contributed by atoms with Gasteiger partial charge in [0.1, 0.15) is 0 Å². The topological polar surface area (TPSA) is 43.2 Å². The Bertz CT molecular complexity index is 724. The summed E-state index contributed by atoms with van der Waals surface area (Å²) in [7, 11) is 0. The zero-order valence-corrected chi connectivity index (χ0v) is 16.2. The molecule has 1 aliphatic carbocycles. The van der Waals surface area contributed by atoms with Crippen molar-refractivity contribution in [2.24, 2.45) is 0 Å². The van der Waals surface area contributed by atoms with Gasteiger partial charge < -0.3 is 9.64 Å². The number of thioether (sulfide) groups is 1. The molecular weight excluding hydrogens is 379 g/mol. The Morgan fingerprint density at radius 1 is 1.12 bits per heavy atom. The van der Waals surface area contributed by atoms with Crippen LogP contribution in [0.25, 0.3) is 0 Å². The number of hydrogen-bond acceptors (Lipinski definition) is 5. The molecule has 0 bridgehead atoms. The molecule has 134 valence electrons. The first-order valence-corrected chi connectivity index (χ1v) is 10.4. The quantitative estimate of drug-likeness (QED) is 0.499. The van der Waals surface area contributed by atoms with Crippen molar-refractivity contribution in [3.05, 3.63) is 28.2 Å². The lowest BCUT2D eigenvalue weighted by Gasteiger charge is -2.18. The monoisotopic (exact) mass is 398 g/mol. The molecule has 2 aromatic rings. The van der Waals surface area contributed by atoms with E-state index in [1.807, 2.05) is 6.07 Å². The zero-order chi connectivity index (χ0) is 17.2. The van der Waals surface area contributed by atoms with Crippen molar-refractivity contribution in [1.29, 1.82) is 0 Å². The number of ether oxygens (including phenoxy) is 1. The fourth-order valence-electron chi connectivity index (χ4n) is 3.05. The van der Waals surface area contributed by atoms with Crippen LogP contribution in [0.2, 0.25) is 10.0 Å². The highest BCUT2D eigenvalue weighted by molar-refractivity contribution is 7.99. The van der Waals surface area contributed by atoms with Gasteiger partial charge in [0.15, 0.2) is 10.9 Å². The highest BCUT2D eigenvalue weighted by Crippen LogP contribution is 2.41. The summed E-state index contributed by atoms with van der Waals surface area (Å²) in [5, 5.41) is 10.9. The molecule has 5 nitrogen and oxygen atoms in total. The second kappa shape index (κ2) is 7.64. The van der Waals surface area contributed by atoms with Crippen molar-refractivity contribution in [2.45, 2.75) is 36.9 Å². The van der Waals surface area contributed by atoms with Crippen LogP contribution in [-0.4, -0.2) is 40.2 Å². The van der Waals surface area contributed by atoms with Crippen molar-refractivity contribution >= 4 is 40.9 Å². The predicted octanol–water partition coefficient (Wildman–Crippen LogP) is 4.69. The van der Waals surface area contributed by atoms with Crippen LogP contribution in [0.5, 0.6) is 5.75 Å². The molecule has 1 saturated heterocycles. The lowest BCUT2D eigenvalue weighted by atomic mass is 10.3. The highest BCUT2D eigenvalue weighted by atomic mass is 35.5. The van der Waals surface area contributed by atoms with Crippen LogP contribution in [0.1, 0.15) is 31.7 Å². The first-order valence-electron chi connectivity index (χ1n) is 8.63. The first-order chi connectivity index (χ1) is 12.2. The van der Waals surface area contributed by atoms with Gasteiger partial charge in [-0.1, -0.05) is 41.0 Å². The molecule has 25 heavy (non-hydrogen) atoms. The molecule has 1 aromatic heterocycles. The number of rotatable bonds is 7. The van der Waals surface area contributed by atoms with E-state index in [2.05, 4.69) is 19.7 Å². The van der Waals surface area contributed by atoms with Gasteiger partial charge in [-0.15, -0.1) is 10.2 Å². The summed E-state index contributed by atoms with van der Waals surface area (Å²) < 4.78 is 8.08. The Hall–Kier alpha value is -1.11. The summed E-state index contributed by atoms with van der Waals surface area (Å²) in [5.74, 6) is 2.36. The lowest BCUT2D eigenvalue weighted by Crippen LogP contribution is -2.22. The van der Waals surface area contributed by atoms with Crippen molar-refractivity contribution in [3.63, 3.8) is 0 Å². The van der Waals surface area contributed by atoms with Crippen LogP contribution >= 0.6 is 35.0 Å². The third kappa shape index (κ3) is 3.86. The molecule has 2 aliphatic rings. The van der Waals surface area contributed by atoms with E-state index in [0.717, 1.165) is 29.9 Å². The second-order valence-electron chi connectivity index (χ2n) is 6.33. The number of benzene rings is 1. The molecule has 2 fully saturated rings. The molecule has 0 atom stereocenters.